The number of aliphatic hydroxyl groups excluding tert-OH is 2. The van der Waals surface area contributed by atoms with Crippen molar-refractivity contribution in [1.29, 1.82) is 0 Å². The molecule has 2 fully saturated rings. The summed E-state index contributed by atoms with van der Waals surface area (Å²) in [6, 6.07) is 0. The van der Waals surface area contributed by atoms with Crippen LogP contribution in [-0.4, -0.2) is 60.5 Å². The number of hydrogen-bond acceptors (Lipinski definition) is 8. The molecule has 10 nitrogen and oxygen atoms in total. The number of nitrogen functional groups attached to an aromatic ring is 1. The third kappa shape index (κ3) is 4.41. The highest BCUT2D eigenvalue weighted by molar-refractivity contribution is 5.83. The second-order valence-corrected chi connectivity index (χ2v) is 8.71. The van der Waals surface area contributed by atoms with Gasteiger partial charge in [-0.05, 0) is 37.5 Å². The quantitative estimate of drug-likeness (QED) is 0.507. The molecule has 0 bridgehead atoms. The van der Waals surface area contributed by atoms with E-state index in [2.05, 4.69) is 39.0 Å². The number of imidazole rings is 1. The molecule has 2 aromatic rings. The Morgan fingerprint density at radius 1 is 1.28 bits per heavy atom. The molecule has 0 radical (unpaired) electrons. The molecule has 4 rings (SSSR count). The molecule has 5 N–H and O–H groups in total. The maximum Gasteiger partial charge on any atom is 0.252 e. The number of nitrogens with one attached hydrogen (secondary N) is 1. The van der Waals surface area contributed by atoms with Gasteiger partial charge in [0.15, 0.2) is 23.8 Å². The Kier molecular flexibility index (Phi) is 6.60. The summed E-state index contributed by atoms with van der Waals surface area (Å²) >= 11 is 0. The van der Waals surface area contributed by atoms with Crippen molar-refractivity contribution in [1.82, 2.24) is 24.8 Å². The summed E-state index contributed by atoms with van der Waals surface area (Å²) in [4.78, 5) is 25.1. The number of fused-ring (bicyclic) bond motifs is 1. The number of amides is 1. The van der Waals surface area contributed by atoms with Gasteiger partial charge in [-0.2, -0.15) is 0 Å². The lowest BCUT2D eigenvalue weighted by atomic mass is 9.81. The summed E-state index contributed by atoms with van der Waals surface area (Å²) in [7, 11) is 0. The molecule has 2 aliphatic rings. The zero-order valence-corrected chi connectivity index (χ0v) is 18.4. The van der Waals surface area contributed by atoms with Crippen molar-refractivity contribution < 1.29 is 19.7 Å². The van der Waals surface area contributed by atoms with Crippen LogP contribution in [0.3, 0.4) is 0 Å². The van der Waals surface area contributed by atoms with Crippen molar-refractivity contribution in [2.75, 3.05) is 12.3 Å². The van der Waals surface area contributed by atoms with E-state index in [0.29, 0.717) is 23.6 Å². The number of likely N-dealkylation sites (N-methyl/N-ethyl adjacent to an activating group) is 1. The number of aliphatic hydroxyl groups is 2. The number of carbonyl (C=O) groups excluding carboxylic acids is 1. The highest BCUT2D eigenvalue weighted by atomic mass is 16.6. The molecule has 1 aliphatic carbocycles. The van der Waals surface area contributed by atoms with Gasteiger partial charge in [-0.3, -0.25) is 9.36 Å². The third-order valence-electron chi connectivity index (χ3n) is 6.30. The first-order valence-electron chi connectivity index (χ1n) is 11.2. The van der Waals surface area contributed by atoms with E-state index < -0.39 is 30.4 Å². The topological polar surface area (TPSA) is 148 Å². The molecule has 2 aromatic heterocycles. The van der Waals surface area contributed by atoms with Gasteiger partial charge in [0.05, 0.1) is 6.33 Å². The lowest BCUT2D eigenvalue weighted by Crippen LogP contribution is -2.42. The fraction of sp³-hybridized carbons (Fsp3) is 0.636. The Morgan fingerprint density at radius 3 is 2.75 bits per heavy atom. The van der Waals surface area contributed by atoms with Crippen molar-refractivity contribution >= 4 is 22.9 Å². The average Bonchev–Trinajstić information content (AvgIpc) is 3.31. The van der Waals surface area contributed by atoms with Gasteiger partial charge in [0, 0.05) is 13.0 Å². The minimum atomic E-state index is -1.39. The predicted octanol–water partition coefficient (Wildman–Crippen LogP) is 0.732. The average molecular weight is 443 g/mol. The van der Waals surface area contributed by atoms with E-state index in [1.54, 1.807) is 6.92 Å². The number of nitrogens with two attached hydrogens (primary N) is 1. The Bertz CT molecular complexity index is 1040. The van der Waals surface area contributed by atoms with Crippen LogP contribution in [0, 0.1) is 23.7 Å². The molecular weight excluding hydrogens is 412 g/mol. The van der Waals surface area contributed by atoms with Crippen LogP contribution in [0.4, 0.5) is 5.82 Å². The van der Waals surface area contributed by atoms with Crippen LogP contribution in [0.1, 0.15) is 58.0 Å². The number of ether oxygens (including phenoxy) is 1. The van der Waals surface area contributed by atoms with Crippen LogP contribution >= 0.6 is 0 Å². The van der Waals surface area contributed by atoms with E-state index >= 15 is 0 Å². The van der Waals surface area contributed by atoms with Crippen LogP contribution in [0.15, 0.2) is 6.33 Å². The molecule has 10 heteroatoms. The molecule has 1 amide bonds. The third-order valence-corrected chi connectivity index (χ3v) is 6.30. The molecule has 0 aromatic carbocycles. The molecule has 1 saturated carbocycles. The zero-order chi connectivity index (χ0) is 22.8. The van der Waals surface area contributed by atoms with Gasteiger partial charge >= 0.3 is 0 Å². The van der Waals surface area contributed by atoms with Gasteiger partial charge in [0.1, 0.15) is 17.7 Å². The van der Waals surface area contributed by atoms with E-state index in [1.165, 1.54) is 36.6 Å². The van der Waals surface area contributed by atoms with E-state index in [1.807, 2.05) is 0 Å². The maximum atomic E-state index is 12.2. The number of hydrogen-bond donors (Lipinski definition) is 4. The molecular formula is C22H30N6O4. The molecule has 32 heavy (non-hydrogen) atoms. The predicted molar refractivity (Wildman–Crippen MR) is 117 cm³/mol. The minimum absolute atomic E-state index is 0.165. The van der Waals surface area contributed by atoms with Crippen LogP contribution in [0.5, 0.6) is 0 Å². The summed E-state index contributed by atoms with van der Waals surface area (Å²) in [5.74, 6) is 7.49. The summed E-state index contributed by atoms with van der Waals surface area (Å²) in [6.07, 6.45) is 2.06. The normalized spacial score (nSPS) is 30.1. The number of anilines is 1. The van der Waals surface area contributed by atoms with Crippen LogP contribution in [0.2, 0.25) is 0 Å². The smallest absolute Gasteiger partial charge is 0.252 e. The van der Waals surface area contributed by atoms with E-state index in [0.717, 1.165) is 12.3 Å². The fourth-order valence-electron chi connectivity index (χ4n) is 4.37. The Hall–Kier alpha value is -2.74. The van der Waals surface area contributed by atoms with Crippen molar-refractivity contribution in [3.63, 3.8) is 0 Å². The van der Waals surface area contributed by atoms with Crippen molar-refractivity contribution in [2.24, 2.45) is 11.8 Å². The Balaban J connectivity index is 1.56. The van der Waals surface area contributed by atoms with Gasteiger partial charge in [-0.25, -0.2) is 15.0 Å². The first-order valence-corrected chi connectivity index (χ1v) is 11.2. The number of nitrogens with zero attached hydrogens (tertiary/aromatic N) is 4. The summed E-state index contributed by atoms with van der Waals surface area (Å²) in [5.41, 5.74) is 6.72. The zero-order valence-electron chi connectivity index (χ0n) is 18.4. The van der Waals surface area contributed by atoms with Crippen molar-refractivity contribution in [3.8, 4) is 11.8 Å². The largest absolute Gasteiger partial charge is 0.387 e. The Labute approximate surface area is 186 Å². The first-order chi connectivity index (χ1) is 15.4. The lowest BCUT2D eigenvalue weighted by Gasteiger charge is -2.24. The highest BCUT2D eigenvalue weighted by Crippen LogP contribution is 2.32. The summed E-state index contributed by atoms with van der Waals surface area (Å²) in [6.45, 7) is 4.43. The monoisotopic (exact) mass is 442 g/mol. The second kappa shape index (κ2) is 9.40. The molecule has 1 aliphatic heterocycles. The van der Waals surface area contributed by atoms with Gasteiger partial charge < -0.3 is 26.0 Å². The van der Waals surface area contributed by atoms with Crippen LogP contribution in [0.25, 0.3) is 11.2 Å². The van der Waals surface area contributed by atoms with Crippen LogP contribution in [-0.2, 0) is 9.53 Å². The first kappa shape index (κ1) is 22.5. The SMILES string of the molecule is CCNC(=O)[C@H]1O[C@@H](n2cnc3c(N)nc(C#CCC4CCC(C)CC4)nc32)[C@@H](O)C1O. The van der Waals surface area contributed by atoms with Gasteiger partial charge in [-0.15, -0.1) is 0 Å². The molecule has 1 saturated heterocycles. The standard InChI is InChI=1S/C22H30N6O4/c1-3-24-21(31)18-16(29)17(30)22(32-18)28-11-25-15-19(23)26-14(27-20(15)28)6-4-5-13-9-7-12(2)8-10-13/h11-13,16-18,22,29-30H,3,5,7-10H2,1-2H3,(H,24,31)(H2,23,26,27)/t12?,13?,16?,17-,18-,22+/m0/s1. The number of rotatable bonds is 4. The number of carbonyl (C=O) groups is 1. The molecule has 172 valence electrons. The van der Waals surface area contributed by atoms with Gasteiger partial charge in [0.25, 0.3) is 5.91 Å². The van der Waals surface area contributed by atoms with Crippen molar-refractivity contribution in [2.45, 2.75) is 70.5 Å². The molecule has 4 atom stereocenters. The van der Waals surface area contributed by atoms with Gasteiger partial charge in [-0.1, -0.05) is 25.7 Å². The lowest BCUT2D eigenvalue weighted by molar-refractivity contribution is -0.137. The minimum Gasteiger partial charge on any atom is -0.387 e. The van der Waals surface area contributed by atoms with E-state index in [9.17, 15) is 15.0 Å². The van der Waals surface area contributed by atoms with Crippen LogP contribution < -0.4 is 11.1 Å². The molecule has 3 heterocycles. The molecule has 1 unspecified atom stereocenters. The highest BCUT2D eigenvalue weighted by Gasteiger charge is 2.47. The number of aromatic nitrogens is 4. The fourth-order valence-corrected chi connectivity index (χ4v) is 4.37. The summed E-state index contributed by atoms with van der Waals surface area (Å²) in [5, 5.41) is 23.4. The maximum absolute atomic E-state index is 12.2. The van der Waals surface area contributed by atoms with Crippen molar-refractivity contribution in [3.05, 3.63) is 12.2 Å². The van der Waals surface area contributed by atoms with E-state index in [4.69, 9.17) is 10.5 Å². The Morgan fingerprint density at radius 2 is 2.03 bits per heavy atom. The summed E-state index contributed by atoms with van der Waals surface area (Å²) < 4.78 is 7.13. The van der Waals surface area contributed by atoms with Gasteiger partial charge in [0.2, 0.25) is 5.82 Å². The second-order valence-electron chi connectivity index (χ2n) is 8.71. The molecule has 0 spiro atoms. The van der Waals surface area contributed by atoms with E-state index in [-0.39, 0.29) is 11.6 Å².